The van der Waals surface area contributed by atoms with E-state index in [1.54, 1.807) is 0 Å². The summed E-state index contributed by atoms with van der Waals surface area (Å²) in [5.41, 5.74) is 0. The van der Waals surface area contributed by atoms with Crippen LogP contribution in [-0.2, 0) is 30.0 Å². The van der Waals surface area contributed by atoms with E-state index < -0.39 is 27.8 Å². The second-order valence-electron chi connectivity index (χ2n) is 7.70. The summed E-state index contributed by atoms with van der Waals surface area (Å²) in [5, 5.41) is 24.1. The maximum Gasteiger partial charge on any atom is 2.00 e. The minimum absolute atomic E-state index is 0. The van der Waals surface area contributed by atoms with Crippen molar-refractivity contribution in [1.82, 2.24) is 0 Å². The zero-order valence-corrected chi connectivity index (χ0v) is 24.3. The SMILES string of the molecule is CC(=O)[O-].CC(=O)[O-].CC(P(c1ccccc1)c1ccccc1)P(c1ccccc1)c1ccccc1.[Pd+2]. The summed E-state index contributed by atoms with van der Waals surface area (Å²) in [6.45, 7) is 4.40. The number of aliphatic carboxylic acids is 2. The van der Waals surface area contributed by atoms with E-state index in [1.165, 1.54) is 21.2 Å². The zero-order valence-electron chi connectivity index (χ0n) is 21.0. The average molecular weight is 623 g/mol. The number of carboxylic acid groups (broad SMARTS) is 2. The molecular weight excluding hydrogens is 593 g/mol. The van der Waals surface area contributed by atoms with Crippen LogP contribution in [-0.4, -0.2) is 17.3 Å². The molecule has 0 N–H and O–H groups in total. The smallest absolute Gasteiger partial charge is 0.550 e. The summed E-state index contributed by atoms with van der Waals surface area (Å²) < 4.78 is 0. The Morgan fingerprint density at radius 2 is 0.676 bits per heavy atom. The number of benzene rings is 4. The molecular formula is C30H30O4P2Pd. The first kappa shape index (κ1) is 32.4. The number of carbonyl (C=O) groups excluding carboxylic acids is 2. The van der Waals surface area contributed by atoms with Gasteiger partial charge in [0.2, 0.25) is 0 Å². The Hall–Kier alpha value is -2.66. The molecule has 0 saturated carbocycles. The monoisotopic (exact) mass is 622 g/mol. The number of hydrogen-bond acceptors (Lipinski definition) is 4. The van der Waals surface area contributed by atoms with Crippen molar-refractivity contribution >= 4 is 49.0 Å². The Kier molecular flexibility index (Phi) is 15.5. The van der Waals surface area contributed by atoms with Gasteiger partial charge in [-0.2, -0.15) is 0 Å². The van der Waals surface area contributed by atoms with Gasteiger partial charge in [0.05, 0.1) is 0 Å². The van der Waals surface area contributed by atoms with Gasteiger partial charge in [0.15, 0.2) is 0 Å². The van der Waals surface area contributed by atoms with Gasteiger partial charge in [-0.25, -0.2) is 0 Å². The average Bonchev–Trinajstić information content (AvgIpc) is 2.86. The molecule has 0 bridgehead atoms. The van der Waals surface area contributed by atoms with Gasteiger partial charge >= 0.3 is 20.4 Å². The third kappa shape index (κ3) is 11.5. The fourth-order valence-corrected chi connectivity index (χ4v) is 10.5. The van der Waals surface area contributed by atoms with E-state index in [-0.39, 0.29) is 20.4 Å². The van der Waals surface area contributed by atoms with E-state index in [0.29, 0.717) is 5.40 Å². The van der Waals surface area contributed by atoms with Crippen LogP contribution >= 0.6 is 15.8 Å². The molecule has 0 aromatic heterocycles. The number of carbonyl (C=O) groups is 2. The third-order valence-electron chi connectivity index (χ3n) is 4.88. The van der Waals surface area contributed by atoms with Gasteiger partial charge in [0.1, 0.15) is 0 Å². The van der Waals surface area contributed by atoms with Crippen molar-refractivity contribution in [2.75, 3.05) is 0 Å². The molecule has 0 unspecified atom stereocenters. The molecule has 37 heavy (non-hydrogen) atoms. The summed E-state index contributed by atoms with van der Waals surface area (Å²) in [5.74, 6) is -2.17. The van der Waals surface area contributed by atoms with E-state index in [1.807, 2.05) is 0 Å². The van der Waals surface area contributed by atoms with Gasteiger partial charge < -0.3 is 19.8 Å². The Labute approximate surface area is 235 Å². The molecule has 0 fully saturated rings. The van der Waals surface area contributed by atoms with Crippen molar-refractivity contribution in [3.8, 4) is 0 Å². The molecule has 194 valence electrons. The minimum Gasteiger partial charge on any atom is -0.550 e. The number of carboxylic acids is 2. The third-order valence-corrected chi connectivity index (χ3v) is 11.2. The van der Waals surface area contributed by atoms with Crippen LogP contribution < -0.4 is 31.4 Å². The van der Waals surface area contributed by atoms with E-state index in [2.05, 4.69) is 128 Å². The molecule has 0 atom stereocenters. The maximum atomic E-state index is 8.89. The topological polar surface area (TPSA) is 80.3 Å². The van der Waals surface area contributed by atoms with E-state index in [4.69, 9.17) is 19.8 Å². The summed E-state index contributed by atoms with van der Waals surface area (Å²) in [6, 6.07) is 44.3. The molecule has 0 heterocycles. The normalized spacial score (nSPS) is 9.89. The first-order chi connectivity index (χ1) is 17.3. The molecule has 7 heteroatoms. The molecule has 0 saturated heterocycles. The van der Waals surface area contributed by atoms with Crippen LogP contribution in [0.15, 0.2) is 121 Å². The van der Waals surface area contributed by atoms with Gasteiger partial charge in [0, 0.05) is 17.3 Å². The molecule has 0 aliphatic carbocycles. The van der Waals surface area contributed by atoms with E-state index in [9.17, 15) is 0 Å². The number of rotatable bonds is 6. The van der Waals surface area contributed by atoms with Crippen LogP contribution in [0.2, 0.25) is 0 Å². The molecule has 4 rings (SSSR count). The molecule has 4 aromatic rings. The zero-order chi connectivity index (χ0) is 26.3. The van der Waals surface area contributed by atoms with Crippen molar-refractivity contribution in [3.63, 3.8) is 0 Å². The molecule has 4 aromatic carbocycles. The summed E-state index contributed by atoms with van der Waals surface area (Å²) >= 11 is 0. The first-order valence-electron chi connectivity index (χ1n) is 11.4. The van der Waals surface area contributed by atoms with Crippen LogP contribution in [0.4, 0.5) is 0 Å². The summed E-state index contributed by atoms with van der Waals surface area (Å²) in [4.78, 5) is 17.8. The van der Waals surface area contributed by atoms with Gasteiger partial charge in [-0.05, 0) is 50.9 Å². The Morgan fingerprint density at radius 1 is 0.514 bits per heavy atom. The second kappa shape index (κ2) is 17.7. The van der Waals surface area contributed by atoms with Gasteiger partial charge in [-0.1, -0.05) is 128 Å². The maximum absolute atomic E-state index is 8.89. The van der Waals surface area contributed by atoms with Crippen LogP contribution in [0.5, 0.6) is 0 Å². The van der Waals surface area contributed by atoms with E-state index >= 15 is 0 Å². The first-order valence-corrected chi connectivity index (χ1v) is 14.3. The molecule has 0 spiro atoms. The molecule has 0 radical (unpaired) electrons. The molecule has 4 nitrogen and oxygen atoms in total. The quantitative estimate of drug-likeness (QED) is 0.245. The Balaban J connectivity index is 0.000000671. The summed E-state index contributed by atoms with van der Waals surface area (Å²) in [6.07, 6.45) is 0. The standard InChI is InChI=1S/C26H24P2.2C2H4O2.Pd/c1-22(27(23-14-6-2-7-15-23)24-16-8-3-9-17-24)28(25-18-10-4-11-19-25)26-20-12-5-13-21-26;2*1-2(3)4;/h2-22H,1H3;2*1H3,(H,3,4);/q;;;+2/p-2. The van der Waals surface area contributed by atoms with Crippen molar-refractivity contribution in [2.24, 2.45) is 0 Å². The molecule has 0 aliphatic rings. The van der Waals surface area contributed by atoms with Crippen LogP contribution in [0.1, 0.15) is 20.8 Å². The van der Waals surface area contributed by atoms with Crippen LogP contribution in [0.3, 0.4) is 0 Å². The Morgan fingerprint density at radius 3 is 0.838 bits per heavy atom. The predicted molar refractivity (Wildman–Crippen MR) is 149 cm³/mol. The van der Waals surface area contributed by atoms with Gasteiger partial charge in [0.25, 0.3) is 0 Å². The molecule has 0 aliphatic heterocycles. The molecule has 0 amide bonds. The minimum atomic E-state index is -1.08. The Bertz CT molecular complexity index is 995. The van der Waals surface area contributed by atoms with Crippen LogP contribution in [0.25, 0.3) is 0 Å². The van der Waals surface area contributed by atoms with Crippen molar-refractivity contribution in [3.05, 3.63) is 121 Å². The van der Waals surface area contributed by atoms with Crippen LogP contribution in [0, 0.1) is 0 Å². The van der Waals surface area contributed by atoms with E-state index in [0.717, 1.165) is 13.8 Å². The van der Waals surface area contributed by atoms with Crippen molar-refractivity contribution < 1.29 is 40.2 Å². The fourth-order valence-electron chi connectivity index (χ4n) is 3.63. The summed E-state index contributed by atoms with van der Waals surface area (Å²) in [7, 11) is -0.940. The number of hydrogen-bond donors (Lipinski definition) is 0. The fraction of sp³-hybridized carbons (Fsp3) is 0.133. The van der Waals surface area contributed by atoms with Gasteiger partial charge in [-0.3, -0.25) is 0 Å². The van der Waals surface area contributed by atoms with Crippen molar-refractivity contribution in [1.29, 1.82) is 0 Å². The second-order valence-corrected chi connectivity index (χ2v) is 13.2. The van der Waals surface area contributed by atoms with Crippen molar-refractivity contribution in [2.45, 2.75) is 26.2 Å². The van der Waals surface area contributed by atoms with Gasteiger partial charge in [-0.15, -0.1) is 0 Å². The predicted octanol–water partition coefficient (Wildman–Crippen LogP) is 3.11. The largest absolute Gasteiger partial charge is 2.00 e.